The van der Waals surface area contributed by atoms with Gasteiger partial charge in [-0.05, 0) is 49.6 Å². The molecule has 2 rings (SSSR count). The predicted octanol–water partition coefficient (Wildman–Crippen LogP) is 2.62. The Morgan fingerprint density at radius 3 is 2.50 bits per heavy atom. The van der Waals surface area contributed by atoms with Crippen LogP contribution in [0.5, 0.6) is 5.75 Å². The molecule has 0 aliphatic heterocycles. The first kappa shape index (κ1) is 19.4. The second-order valence-corrected chi connectivity index (χ2v) is 5.83. The average Bonchev–Trinajstić information content (AvgIpc) is 2.62. The van der Waals surface area contributed by atoms with Crippen LogP contribution in [0.1, 0.15) is 28.4 Å². The van der Waals surface area contributed by atoms with Crippen LogP contribution in [0.3, 0.4) is 0 Å². The summed E-state index contributed by atoms with van der Waals surface area (Å²) in [5, 5.41) is 5.48. The van der Waals surface area contributed by atoms with Gasteiger partial charge in [0.15, 0.2) is 6.61 Å². The quantitative estimate of drug-likeness (QED) is 0.762. The van der Waals surface area contributed by atoms with E-state index in [-0.39, 0.29) is 24.2 Å². The summed E-state index contributed by atoms with van der Waals surface area (Å²) in [5.41, 5.74) is 2.13. The second kappa shape index (κ2) is 9.56. The number of benzene rings is 2. The van der Waals surface area contributed by atoms with E-state index in [1.165, 1.54) is 12.1 Å². The van der Waals surface area contributed by atoms with E-state index in [4.69, 9.17) is 4.74 Å². The fraction of sp³-hybridized carbons (Fsp3) is 0.300. The number of nitrogens with one attached hydrogen (secondary N) is 2. The summed E-state index contributed by atoms with van der Waals surface area (Å²) < 4.78 is 18.4. The molecule has 0 atom stereocenters. The van der Waals surface area contributed by atoms with Crippen LogP contribution in [-0.2, 0) is 11.2 Å². The minimum atomic E-state index is -0.285. The van der Waals surface area contributed by atoms with Crippen molar-refractivity contribution < 1.29 is 18.7 Å². The lowest BCUT2D eigenvalue weighted by Crippen LogP contribution is -2.31. The van der Waals surface area contributed by atoms with Gasteiger partial charge < -0.3 is 15.4 Å². The Kier molecular flexibility index (Phi) is 7.14. The summed E-state index contributed by atoms with van der Waals surface area (Å²) in [6.45, 7) is 4.41. The molecule has 5 nitrogen and oxygen atoms in total. The van der Waals surface area contributed by atoms with Crippen LogP contribution in [0.2, 0.25) is 0 Å². The minimum Gasteiger partial charge on any atom is -0.483 e. The summed E-state index contributed by atoms with van der Waals surface area (Å²) in [7, 11) is 0. The van der Waals surface area contributed by atoms with Gasteiger partial charge >= 0.3 is 0 Å². The lowest BCUT2D eigenvalue weighted by atomic mass is 10.1. The van der Waals surface area contributed by atoms with Crippen LogP contribution >= 0.6 is 0 Å². The van der Waals surface area contributed by atoms with Gasteiger partial charge in [-0.1, -0.05) is 24.3 Å². The Morgan fingerprint density at radius 1 is 1.08 bits per heavy atom. The number of carbonyl (C=O) groups is 2. The van der Waals surface area contributed by atoms with Crippen molar-refractivity contribution >= 4 is 11.8 Å². The third-order valence-corrected chi connectivity index (χ3v) is 3.79. The lowest BCUT2D eigenvalue weighted by molar-refractivity contribution is -0.123. The standard InChI is InChI=1S/C20H23FN2O3/c1-3-22-20(25)17-6-4-5-14(2)19(17)26-13-18(24)23-12-11-15-7-9-16(21)10-8-15/h4-10H,3,11-13H2,1-2H3,(H,22,25)(H,23,24). The van der Waals surface area contributed by atoms with Gasteiger partial charge in [0, 0.05) is 13.1 Å². The third kappa shape index (κ3) is 5.58. The van der Waals surface area contributed by atoms with Gasteiger partial charge in [0.2, 0.25) is 0 Å². The van der Waals surface area contributed by atoms with Crippen molar-refractivity contribution in [3.63, 3.8) is 0 Å². The Bertz CT molecular complexity index is 760. The summed E-state index contributed by atoms with van der Waals surface area (Å²) >= 11 is 0. The fourth-order valence-electron chi connectivity index (χ4n) is 2.46. The van der Waals surface area contributed by atoms with Crippen LogP contribution in [0.4, 0.5) is 4.39 Å². The number of carbonyl (C=O) groups excluding carboxylic acids is 2. The maximum Gasteiger partial charge on any atom is 0.257 e. The Morgan fingerprint density at radius 2 is 1.81 bits per heavy atom. The number of rotatable bonds is 8. The molecule has 0 bridgehead atoms. The number of ether oxygens (including phenoxy) is 1. The maximum absolute atomic E-state index is 12.9. The highest BCUT2D eigenvalue weighted by Gasteiger charge is 2.15. The van der Waals surface area contributed by atoms with Crippen molar-refractivity contribution in [2.75, 3.05) is 19.7 Å². The van der Waals surface area contributed by atoms with E-state index in [9.17, 15) is 14.0 Å². The van der Waals surface area contributed by atoms with Crippen LogP contribution in [0.15, 0.2) is 42.5 Å². The molecule has 138 valence electrons. The van der Waals surface area contributed by atoms with Gasteiger partial charge in [-0.15, -0.1) is 0 Å². The smallest absolute Gasteiger partial charge is 0.257 e. The molecule has 2 aromatic rings. The maximum atomic E-state index is 12.9. The number of hydrogen-bond acceptors (Lipinski definition) is 3. The predicted molar refractivity (Wildman–Crippen MR) is 97.8 cm³/mol. The molecule has 2 aromatic carbocycles. The normalized spacial score (nSPS) is 10.3. The summed E-state index contributed by atoms with van der Waals surface area (Å²) in [6.07, 6.45) is 0.598. The molecule has 2 N–H and O–H groups in total. The van der Waals surface area contributed by atoms with E-state index in [0.29, 0.717) is 30.8 Å². The molecule has 26 heavy (non-hydrogen) atoms. The molecular weight excluding hydrogens is 335 g/mol. The first-order valence-electron chi connectivity index (χ1n) is 8.53. The van der Waals surface area contributed by atoms with E-state index >= 15 is 0 Å². The van der Waals surface area contributed by atoms with Gasteiger partial charge in [-0.3, -0.25) is 9.59 Å². The number of amides is 2. The molecule has 0 heterocycles. The summed E-state index contributed by atoms with van der Waals surface area (Å²) in [4.78, 5) is 24.1. The number of aryl methyl sites for hydroxylation is 1. The second-order valence-electron chi connectivity index (χ2n) is 5.83. The highest BCUT2D eigenvalue weighted by atomic mass is 19.1. The zero-order valence-corrected chi connectivity index (χ0v) is 15.0. The van der Waals surface area contributed by atoms with Crippen LogP contribution in [-0.4, -0.2) is 31.5 Å². The van der Waals surface area contributed by atoms with Crippen LogP contribution < -0.4 is 15.4 Å². The highest BCUT2D eigenvalue weighted by molar-refractivity contribution is 5.97. The van der Waals surface area contributed by atoms with Crippen molar-refractivity contribution in [3.8, 4) is 5.75 Å². The topological polar surface area (TPSA) is 67.4 Å². The molecule has 0 unspecified atom stereocenters. The lowest BCUT2D eigenvalue weighted by Gasteiger charge is -2.14. The fourth-order valence-corrected chi connectivity index (χ4v) is 2.46. The molecule has 6 heteroatoms. The van der Waals surface area contributed by atoms with Crippen LogP contribution in [0.25, 0.3) is 0 Å². The van der Waals surface area contributed by atoms with Gasteiger partial charge in [0.25, 0.3) is 11.8 Å². The minimum absolute atomic E-state index is 0.180. The molecule has 2 amide bonds. The van der Waals surface area contributed by atoms with Crippen molar-refractivity contribution in [3.05, 3.63) is 65.0 Å². The first-order valence-corrected chi connectivity index (χ1v) is 8.53. The Labute approximate surface area is 152 Å². The van der Waals surface area contributed by atoms with Gasteiger partial charge in [0.05, 0.1) is 5.56 Å². The molecule has 0 aliphatic carbocycles. The van der Waals surface area contributed by atoms with Crippen molar-refractivity contribution in [1.29, 1.82) is 0 Å². The summed E-state index contributed by atoms with van der Waals surface area (Å²) in [6, 6.07) is 11.4. The molecule has 0 aromatic heterocycles. The Balaban J connectivity index is 1.87. The van der Waals surface area contributed by atoms with Crippen molar-refractivity contribution in [2.45, 2.75) is 20.3 Å². The van der Waals surface area contributed by atoms with Crippen LogP contribution in [0, 0.1) is 12.7 Å². The van der Waals surface area contributed by atoms with E-state index in [0.717, 1.165) is 11.1 Å². The molecule has 0 aliphatic rings. The summed E-state index contributed by atoms with van der Waals surface area (Å²) in [5.74, 6) is -0.389. The average molecular weight is 358 g/mol. The van der Waals surface area contributed by atoms with Gasteiger partial charge in [0.1, 0.15) is 11.6 Å². The van der Waals surface area contributed by atoms with Crippen molar-refractivity contribution in [2.24, 2.45) is 0 Å². The number of para-hydroxylation sites is 1. The SMILES string of the molecule is CCNC(=O)c1cccc(C)c1OCC(=O)NCCc1ccc(F)cc1. The number of hydrogen-bond donors (Lipinski definition) is 2. The Hall–Kier alpha value is -2.89. The van der Waals surface area contributed by atoms with E-state index in [1.54, 1.807) is 24.3 Å². The van der Waals surface area contributed by atoms with Gasteiger partial charge in [-0.25, -0.2) is 4.39 Å². The van der Waals surface area contributed by atoms with Gasteiger partial charge in [-0.2, -0.15) is 0 Å². The molecular formula is C20H23FN2O3. The third-order valence-electron chi connectivity index (χ3n) is 3.79. The highest BCUT2D eigenvalue weighted by Crippen LogP contribution is 2.23. The monoisotopic (exact) mass is 358 g/mol. The largest absolute Gasteiger partial charge is 0.483 e. The zero-order chi connectivity index (χ0) is 18.9. The number of halogens is 1. The first-order chi connectivity index (χ1) is 12.5. The zero-order valence-electron chi connectivity index (χ0n) is 15.0. The molecule has 0 saturated carbocycles. The van der Waals surface area contributed by atoms with E-state index in [2.05, 4.69) is 10.6 Å². The van der Waals surface area contributed by atoms with E-state index < -0.39 is 0 Å². The molecule has 0 radical (unpaired) electrons. The van der Waals surface area contributed by atoms with Crippen molar-refractivity contribution in [1.82, 2.24) is 10.6 Å². The molecule has 0 fully saturated rings. The molecule has 0 spiro atoms. The van der Waals surface area contributed by atoms with E-state index in [1.807, 2.05) is 19.9 Å². The molecule has 0 saturated heterocycles.